The van der Waals surface area contributed by atoms with E-state index < -0.39 is 11.5 Å². The standard InChI is InChI=1S/C6H9N3O3.C2H6/c1-6(2,11)4-3(5(7)10)8-12-9-4;1-2/h11H,1-2H3,(H2,7,10);1-2H3. The third-order valence-electron chi connectivity index (χ3n) is 1.30. The molecule has 1 aromatic heterocycles. The fourth-order valence-corrected chi connectivity index (χ4v) is 0.752. The summed E-state index contributed by atoms with van der Waals surface area (Å²) in [4.78, 5) is 10.7. The van der Waals surface area contributed by atoms with Crippen molar-refractivity contribution in [1.82, 2.24) is 10.3 Å². The summed E-state index contributed by atoms with van der Waals surface area (Å²) < 4.78 is 4.27. The van der Waals surface area contributed by atoms with Gasteiger partial charge in [-0.15, -0.1) is 0 Å². The summed E-state index contributed by atoms with van der Waals surface area (Å²) in [7, 11) is 0. The second-order valence-corrected chi connectivity index (χ2v) is 2.88. The van der Waals surface area contributed by atoms with E-state index in [0.717, 1.165) is 0 Å². The zero-order valence-electron chi connectivity index (χ0n) is 8.74. The minimum absolute atomic E-state index is 0.0509. The highest BCUT2D eigenvalue weighted by molar-refractivity contribution is 5.91. The van der Waals surface area contributed by atoms with Crippen molar-refractivity contribution in [3.63, 3.8) is 0 Å². The first-order valence-corrected chi connectivity index (χ1v) is 4.28. The third kappa shape index (κ3) is 2.81. The number of hydrogen-bond acceptors (Lipinski definition) is 5. The lowest BCUT2D eigenvalue weighted by atomic mass is 10.0. The molecule has 6 heteroatoms. The van der Waals surface area contributed by atoms with E-state index in [0.29, 0.717) is 0 Å². The number of primary amides is 1. The van der Waals surface area contributed by atoms with Gasteiger partial charge in [0.2, 0.25) is 0 Å². The molecule has 6 nitrogen and oxygen atoms in total. The van der Waals surface area contributed by atoms with Crippen molar-refractivity contribution in [2.24, 2.45) is 5.73 Å². The van der Waals surface area contributed by atoms with Gasteiger partial charge >= 0.3 is 0 Å². The molecule has 0 aromatic carbocycles. The number of nitrogens with zero attached hydrogens (tertiary/aromatic N) is 2. The molecule has 1 heterocycles. The van der Waals surface area contributed by atoms with Crippen LogP contribution in [0.25, 0.3) is 0 Å². The number of nitrogens with two attached hydrogens (primary N) is 1. The number of carbonyl (C=O) groups excluding carboxylic acids is 1. The van der Waals surface area contributed by atoms with Gasteiger partial charge in [0.1, 0.15) is 11.3 Å². The van der Waals surface area contributed by atoms with Crippen molar-refractivity contribution in [3.05, 3.63) is 11.4 Å². The Kier molecular flexibility index (Phi) is 4.23. The van der Waals surface area contributed by atoms with Crippen molar-refractivity contribution < 1.29 is 14.5 Å². The fourth-order valence-electron chi connectivity index (χ4n) is 0.752. The third-order valence-corrected chi connectivity index (χ3v) is 1.30. The zero-order valence-corrected chi connectivity index (χ0v) is 8.74. The molecule has 1 aromatic rings. The average Bonchev–Trinajstić information content (AvgIpc) is 2.54. The van der Waals surface area contributed by atoms with Crippen LogP contribution < -0.4 is 5.73 Å². The summed E-state index contributed by atoms with van der Waals surface area (Å²) in [6.07, 6.45) is 0. The molecule has 14 heavy (non-hydrogen) atoms. The minimum Gasteiger partial charge on any atom is -0.384 e. The van der Waals surface area contributed by atoms with Crippen molar-refractivity contribution in [2.75, 3.05) is 0 Å². The summed E-state index contributed by atoms with van der Waals surface area (Å²) in [5, 5.41) is 16.1. The summed E-state index contributed by atoms with van der Waals surface area (Å²) in [5.41, 5.74) is 3.58. The van der Waals surface area contributed by atoms with Crippen LogP contribution in [0.4, 0.5) is 0 Å². The van der Waals surface area contributed by atoms with Gasteiger partial charge in [-0.05, 0) is 19.0 Å². The van der Waals surface area contributed by atoms with E-state index in [1.807, 2.05) is 13.8 Å². The molecule has 0 saturated heterocycles. The second kappa shape index (κ2) is 4.71. The van der Waals surface area contributed by atoms with Gasteiger partial charge in [0.25, 0.3) is 5.91 Å². The van der Waals surface area contributed by atoms with Gasteiger partial charge in [-0.25, -0.2) is 4.63 Å². The van der Waals surface area contributed by atoms with Gasteiger partial charge in [-0.3, -0.25) is 4.79 Å². The van der Waals surface area contributed by atoms with Gasteiger partial charge in [0.05, 0.1) is 0 Å². The van der Waals surface area contributed by atoms with Crippen LogP contribution >= 0.6 is 0 Å². The Hall–Kier alpha value is -1.43. The Bertz CT molecular complexity index is 301. The van der Waals surface area contributed by atoms with Gasteiger partial charge < -0.3 is 10.8 Å². The van der Waals surface area contributed by atoms with Crippen molar-refractivity contribution >= 4 is 5.91 Å². The van der Waals surface area contributed by atoms with Crippen LogP contribution in [0.2, 0.25) is 0 Å². The van der Waals surface area contributed by atoms with Crippen LogP contribution in [0.5, 0.6) is 0 Å². The predicted molar refractivity (Wildman–Crippen MR) is 49.4 cm³/mol. The maximum absolute atomic E-state index is 10.7. The lowest BCUT2D eigenvalue weighted by Crippen LogP contribution is -2.23. The fraction of sp³-hybridized carbons (Fsp3) is 0.625. The quantitative estimate of drug-likeness (QED) is 0.722. The molecule has 0 aliphatic carbocycles. The number of rotatable bonds is 2. The Morgan fingerprint density at radius 2 is 1.93 bits per heavy atom. The van der Waals surface area contributed by atoms with E-state index in [-0.39, 0.29) is 11.4 Å². The van der Waals surface area contributed by atoms with E-state index in [4.69, 9.17) is 5.73 Å². The zero-order chi connectivity index (χ0) is 11.4. The first kappa shape index (κ1) is 12.6. The summed E-state index contributed by atoms with van der Waals surface area (Å²) in [6, 6.07) is 0. The molecule has 0 bridgehead atoms. The first-order chi connectivity index (χ1) is 6.43. The lowest BCUT2D eigenvalue weighted by molar-refractivity contribution is 0.0678. The molecule has 1 rings (SSSR count). The van der Waals surface area contributed by atoms with Crippen LogP contribution in [0.3, 0.4) is 0 Å². The molecule has 0 saturated carbocycles. The predicted octanol–water partition coefficient (Wildman–Crippen LogP) is 0.422. The highest BCUT2D eigenvalue weighted by Crippen LogP contribution is 2.19. The maximum Gasteiger partial charge on any atom is 0.273 e. The van der Waals surface area contributed by atoms with Gasteiger partial charge in [-0.1, -0.05) is 19.0 Å². The maximum atomic E-state index is 10.7. The van der Waals surface area contributed by atoms with Gasteiger partial charge in [-0.2, -0.15) is 0 Å². The molecule has 3 N–H and O–H groups in total. The van der Waals surface area contributed by atoms with Gasteiger partial charge in [0.15, 0.2) is 5.69 Å². The molecule has 80 valence electrons. The van der Waals surface area contributed by atoms with E-state index in [1.54, 1.807) is 0 Å². The molecule has 0 spiro atoms. The Balaban J connectivity index is 0.000000791. The largest absolute Gasteiger partial charge is 0.384 e. The van der Waals surface area contributed by atoms with E-state index >= 15 is 0 Å². The normalized spacial score (nSPS) is 10.4. The second-order valence-electron chi connectivity index (χ2n) is 2.88. The smallest absolute Gasteiger partial charge is 0.273 e. The summed E-state index contributed by atoms with van der Waals surface area (Å²) >= 11 is 0. The van der Waals surface area contributed by atoms with Crippen LogP contribution in [0.1, 0.15) is 43.9 Å². The Labute approximate surface area is 82.1 Å². The molecule has 0 fully saturated rings. The molecule has 0 aliphatic heterocycles. The van der Waals surface area contributed by atoms with Crippen molar-refractivity contribution in [1.29, 1.82) is 0 Å². The first-order valence-electron chi connectivity index (χ1n) is 4.28. The van der Waals surface area contributed by atoms with Crippen LogP contribution in [-0.4, -0.2) is 21.3 Å². The lowest BCUT2D eigenvalue weighted by Gasteiger charge is -2.12. The van der Waals surface area contributed by atoms with Crippen LogP contribution in [0.15, 0.2) is 4.63 Å². The number of aromatic nitrogens is 2. The molecule has 0 aliphatic rings. The van der Waals surface area contributed by atoms with Crippen LogP contribution in [0, 0.1) is 0 Å². The Morgan fingerprint density at radius 1 is 1.43 bits per heavy atom. The minimum atomic E-state index is -1.27. The van der Waals surface area contributed by atoms with Crippen LogP contribution in [-0.2, 0) is 5.60 Å². The summed E-state index contributed by atoms with van der Waals surface area (Å²) in [6.45, 7) is 6.91. The molecule has 0 unspecified atom stereocenters. The molecular formula is C8H15N3O3. The molecule has 1 amide bonds. The number of carbonyl (C=O) groups is 1. The monoisotopic (exact) mass is 201 g/mol. The topological polar surface area (TPSA) is 102 Å². The van der Waals surface area contributed by atoms with E-state index in [9.17, 15) is 9.90 Å². The number of aliphatic hydroxyl groups is 1. The number of amides is 1. The molecular weight excluding hydrogens is 186 g/mol. The SMILES string of the molecule is CC.CC(C)(O)c1nonc1C(N)=O. The summed E-state index contributed by atoms with van der Waals surface area (Å²) in [5.74, 6) is -0.770. The van der Waals surface area contributed by atoms with E-state index in [1.165, 1.54) is 13.8 Å². The van der Waals surface area contributed by atoms with Crippen molar-refractivity contribution in [3.8, 4) is 0 Å². The molecule has 0 atom stereocenters. The number of hydrogen-bond donors (Lipinski definition) is 2. The Morgan fingerprint density at radius 3 is 2.21 bits per heavy atom. The highest BCUT2D eigenvalue weighted by Gasteiger charge is 2.28. The molecule has 0 radical (unpaired) electrons. The highest BCUT2D eigenvalue weighted by atomic mass is 16.6. The average molecular weight is 201 g/mol. The van der Waals surface area contributed by atoms with Crippen molar-refractivity contribution in [2.45, 2.75) is 33.3 Å². The van der Waals surface area contributed by atoms with E-state index in [2.05, 4.69) is 14.9 Å². The van der Waals surface area contributed by atoms with Gasteiger partial charge in [0, 0.05) is 0 Å².